The fourth-order valence-electron chi connectivity index (χ4n) is 3.06. The van der Waals surface area contributed by atoms with Gasteiger partial charge in [0.25, 0.3) is 0 Å². The second kappa shape index (κ2) is 4.10. The molecule has 2 aliphatic heterocycles. The summed E-state index contributed by atoms with van der Waals surface area (Å²) < 4.78 is 0. The third-order valence-corrected chi connectivity index (χ3v) is 3.80. The molecule has 1 N–H and O–H groups in total. The fraction of sp³-hybridized carbons (Fsp3) is 0.571. The van der Waals surface area contributed by atoms with Crippen molar-refractivity contribution in [3.63, 3.8) is 0 Å². The molecule has 0 spiro atoms. The van der Waals surface area contributed by atoms with E-state index in [0.717, 1.165) is 13.1 Å². The average Bonchev–Trinajstić information content (AvgIpc) is 2.61. The maximum Gasteiger partial charge on any atom is 0.0448 e. The van der Waals surface area contributed by atoms with Crippen molar-refractivity contribution in [3.05, 3.63) is 28.8 Å². The van der Waals surface area contributed by atoms with Gasteiger partial charge in [0.15, 0.2) is 0 Å². The first-order chi connectivity index (χ1) is 7.90. The Hall–Kier alpha value is -1.02. The van der Waals surface area contributed by atoms with Gasteiger partial charge in [-0.3, -0.25) is 0 Å². The number of nitrogens with one attached hydrogen (secondary N) is 1. The van der Waals surface area contributed by atoms with E-state index in [4.69, 9.17) is 0 Å². The molecule has 0 fully saturated rings. The van der Waals surface area contributed by atoms with Crippen molar-refractivity contribution < 1.29 is 0 Å². The standard InChI is InChI=1S/C14H20N2/c1-2-3-11-4-5-12-10-15-7-9-16-8-6-13(11)14(12)16/h4-5,15H,2-3,6-10H2,1H3. The van der Waals surface area contributed by atoms with Crippen LogP contribution >= 0.6 is 0 Å². The summed E-state index contributed by atoms with van der Waals surface area (Å²) in [6, 6.07) is 4.69. The van der Waals surface area contributed by atoms with Gasteiger partial charge in [-0.05, 0) is 29.5 Å². The normalized spacial score (nSPS) is 18.4. The number of anilines is 1. The molecule has 2 heterocycles. The van der Waals surface area contributed by atoms with Crippen LogP contribution in [0, 0.1) is 0 Å². The summed E-state index contributed by atoms with van der Waals surface area (Å²) in [5.41, 5.74) is 6.30. The first kappa shape index (κ1) is 10.2. The Balaban J connectivity index is 2.08. The Morgan fingerprint density at radius 3 is 3.12 bits per heavy atom. The predicted molar refractivity (Wildman–Crippen MR) is 68.1 cm³/mol. The Morgan fingerprint density at radius 2 is 2.25 bits per heavy atom. The summed E-state index contributed by atoms with van der Waals surface area (Å²) in [5, 5.41) is 3.50. The van der Waals surface area contributed by atoms with Gasteiger partial charge in [0.1, 0.15) is 0 Å². The molecule has 2 nitrogen and oxygen atoms in total. The summed E-state index contributed by atoms with van der Waals surface area (Å²) in [5.74, 6) is 0. The third kappa shape index (κ3) is 1.52. The van der Waals surface area contributed by atoms with Crippen molar-refractivity contribution in [1.29, 1.82) is 0 Å². The largest absolute Gasteiger partial charge is 0.369 e. The number of hydrogen-bond donors (Lipinski definition) is 1. The van der Waals surface area contributed by atoms with Crippen LogP contribution in [0.1, 0.15) is 30.0 Å². The monoisotopic (exact) mass is 216 g/mol. The van der Waals surface area contributed by atoms with Gasteiger partial charge in [-0.1, -0.05) is 25.5 Å². The van der Waals surface area contributed by atoms with E-state index < -0.39 is 0 Å². The quantitative estimate of drug-likeness (QED) is 0.814. The molecule has 0 bridgehead atoms. The number of nitrogens with zero attached hydrogens (tertiary/aromatic N) is 1. The molecule has 1 aromatic carbocycles. The lowest BCUT2D eigenvalue weighted by molar-refractivity contribution is 0.692. The fourth-order valence-corrected chi connectivity index (χ4v) is 3.06. The Labute approximate surface area is 97.6 Å². The molecular weight excluding hydrogens is 196 g/mol. The lowest BCUT2D eigenvalue weighted by atomic mass is 9.97. The van der Waals surface area contributed by atoms with E-state index in [1.165, 1.54) is 37.9 Å². The Bertz CT molecular complexity index is 398. The average molecular weight is 216 g/mol. The third-order valence-electron chi connectivity index (χ3n) is 3.80. The summed E-state index contributed by atoms with van der Waals surface area (Å²) >= 11 is 0. The molecule has 3 rings (SSSR count). The summed E-state index contributed by atoms with van der Waals surface area (Å²) in [6.07, 6.45) is 3.76. The molecule has 0 aliphatic carbocycles. The Morgan fingerprint density at radius 1 is 1.31 bits per heavy atom. The van der Waals surface area contributed by atoms with Crippen LogP contribution in [0.15, 0.2) is 12.1 Å². The lowest BCUT2D eigenvalue weighted by Gasteiger charge is -2.19. The molecule has 16 heavy (non-hydrogen) atoms. The first-order valence-electron chi connectivity index (χ1n) is 6.49. The number of aryl methyl sites for hydroxylation is 1. The predicted octanol–water partition coefficient (Wildman–Crippen LogP) is 2.10. The highest BCUT2D eigenvalue weighted by atomic mass is 15.2. The van der Waals surface area contributed by atoms with Crippen LogP contribution in [0.25, 0.3) is 0 Å². The molecule has 2 aliphatic rings. The second-order valence-electron chi connectivity index (χ2n) is 4.87. The highest BCUT2D eigenvalue weighted by Gasteiger charge is 2.25. The molecular formula is C14H20N2. The van der Waals surface area contributed by atoms with E-state index in [0.29, 0.717) is 0 Å². The van der Waals surface area contributed by atoms with Gasteiger partial charge >= 0.3 is 0 Å². The van der Waals surface area contributed by atoms with E-state index in [9.17, 15) is 0 Å². The highest BCUT2D eigenvalue weighted by Crippen LogP contribution is 2.35. The van der Waals surface area contributed by atoms with Crippen LogP contribution in [0.3, 0.4) is 0 Å². The van der Waals surface area contributed by atoms with Crippen molar-refractivity contribution in [1.82, 2.24) is 5.32 Å². The smallest absolute Gasteiger partial charge is 0.0448 e. The molecule has 2 heteroatoms. The minimum absolute atomic E-state index is 1.05. The first-order valence-corrected chi connectivity index (χ1v) is 6.49. The van der Waals surface area contributed by atoms with E-state index in [1.54, 1.807) is 16.8 Å². The lowest BCUT2D eigenvalue weighted by Crippen LogP contribution is -2.27. The van der Waals surface area contributed by atoms with Crippen LogP contribution in [0.5, 0.6) is 0 Å². The minimum Gasteiger partial charge on any atom is -0.369 e. The van der Waals surface area contributed by atoms with Crippen LogP contribution in [-0.4, -0.2) is 19.6 Å². The van der Waals surface area contributed by atoms with E-state index in [-0.39, 0.29) is 0 Å². The van der Waals surface area contributed by atoms with Gasteiger partial charge in [0, 0.05) is 31.9 Å². The molecule has 0 amide bonds. The van der Waals surface area contributed by atoms with E-state index in [2.05, 4.69) is 29.3 Å². The SMILES string of the molecule is CCCc1ccc2c3c1CCN3CCNC2. The van der Waals surface area contributed by atoms with Crippen molar-refractivity contribution in [3.8, 4) is 0 Å². The van der Waals surface area contributed by atoms with Crippen molar-refractivity contribution in [2.45, 2.75) is 32.7 Å². The van der Waals surface area contributed by atoms with Crippen molar-refractivity contribution >= 4 is 5.69 Å². The second-order valence-corrected chi connectivity index (χ2v) is 4.87. The maximum atomic E-state index is 3.50. The van der Waals surface area contributed by atoms with E-state index in [1.807, 2.05) is 0 Å². The van der Waals surface area contributed by atoms with Gasteiger partial charge in [-0.15, -0.1) is 0 Å². The highest BCUT2D eigenvalue weighted by molar-refractivity contribution is 5.66. The molecule has 0 saturated heterocycles. The maximum absolute atomic E-state index is 3.50. The summed E-state index contributed by atoms with van der Waals surface area (Å²) in [4.78, 5) is 2.57. The van der Waals surface area contributed by atoms with E-state index >= 15 is 0 Å². The molecule has 0 atom stereocenters. The Kier molecular flexibility index (Phi) is 2.60. The zero-order chi connectivity index (χ0) is 11.0. The summed E-state index contributed by atoms with van der Waals surface area (Å²) in [7, 11) is 0. The van der Waals surface area contributed by atoms with Crippen LogP contribution in [0.2, 0.25) is 0 Å². The molecule has 0 unspecified atom stereocenters. The number of rotatable bonds is 2. The van der Waals surface area contributed by atoms with Crippen LogP contribution in [0.4, 0.5) is 5.69 Å². The van der Waals surface area contributed by atoms with Gasteiger partial charge in [0.2, 0.25) is 0 Å². The topological polar surface area (TPSA) is 15.3 Å². The van der Waals surface area contributed by atoms with Crippen LogP contribution < -0.4 is 10.2 Å². The van der Waals surface area contributed by atoms with Crippen LogP contribution in [-0.2, 0) is 19.4 Å². The zero-order valence-electron chi connectivity index (χ0n) is 10.1. The molecule has 0 saturated carbocycles. The van der Waals surface area contributed by atoms with Gasteiger partial charge in [-0.2, -0.15) is 0 Å². The van der Waals surface area contributed by atoms with Crippen molar-refractivity contribution in [2.24, 2.45) is 0 Å². The van der Waals surface area contributed by atoms with Gasteiger partial charge in [-0.25, -0.2) is 0 Å². The molecule has 1 aromatic rings. The number of hydrogen-bond acceptors (Lipinski definition) is 2. The van der Waals surface area contributed by atoms with Gasteiger partial charge < -0.3 is 10.2 Å². The minimum atomic E-state index is 1.05. The molecule has 86 valence electrons. The van der Waals surface area contributed by atoms with Gasteiger partial charge in [0.05, 0.1) is 0 Å². The molecule has 0 radical (unpaired) electrons. The molecule has 0 aromatic heterocycles. The van der Waals surface area contributed by atoms with Crippen molar-refractivity contribution in [2.75, 3.05) is 24.5 Å². The summed E-state index contributed by atoms with van der Waals surface area (Å²) in [6.45, 7) is 6.84. The number of benzene rings is 1. The zero-order valence-corrected chi connectivity index (χ0v) is 10.1.